The molecular formula is C36H44F6N7O4+. The van der Waals surface area contributed by atoms with Crippen LogP contribution in [-0.2, 0) is 16.0 Å². The summed E-state index contributed by atoms with van der Waals surface area (Å²) >= 11 is 0. The Morgan fingerprint density at radius 3 is 2.53 bits per heavy atom. The number of nitrogens with one attached hydrogen (secondary N) is 4. The number of hydrogen-bond donors (Lipinski definition) is 4. The first-order valence-corrected chi connectivity index (χ1v) is 17.1. The van der Waals surface area contributed by atoms with Crippen LogP contribution in [0.25, 0.3) is 16.9 Å². The highest BCUT2D eigenvalue weighted by Gasteiger charge is 2.40. The van der Waals surface area contributed by atoms with Gasteiger partial charge in [-0.05, 0) is 61.7 Å². The van der Waals surface area contributed by atoms with E-state index in [0.717, 1.165) is 25.2 Å². The van der Waals surface area contributed by atoms with Crippen molar-refractivity contribution in [3.63, 3.8) is 0 Å². The molecule has 3 unspecified atom stereocenters. The number of nitrogens with zero attached hydrogens (tertiary/aromatic N) is 3. The number of ether oxygens (including phenoxy) is 2. The summed E-state index contributed by atoms with van der Waals surface area (Å²) in [5.74, 6) is -4.53. The van der Waals surface area contributed by atoms with Crippen LogP contribution in [0.2, 0.25) is 0 Å². The van der Waals surface area contributed by atoms with Crippen LogP contribution >= 0.6 is 0 Å². The van der Waals surface area contributed by atoms with Crippen molar-refractivity contribution in [3.8, 4) is 17.0 Å². The predicted molar refractivity (Wildman–Crippen MR) is 186 cm³/mol. The summed E-state index contributed by atoms with van der Waals surface area (Å²) in [5, 5.41) is 9.68. The number of fused-ring (bicyclic) bond motifs is 1. The van der Waals surface area contributed by atoms with Crippen LogP contribution in [0.5, 0.6) is 5.75 Å². The average molecular weight is 753 g/mol. The molecule has 2 aromatic heterocycles. The Bertz CT molecular complexity index is 1850. The number of aryl methyl sites for hydroxylation is 1. The molecule has 0 saturated carbocycles. The van der Waals surface area contributed by atoms with Gasteiger partial charge < -0.3 is 30.3 Å². The number of quaternary nitrogens is 1. The zero-order valence-electron chi connectivity index (χ0n) is 29.9. The molecule has 1 fully saturated rings. The Labute approximate surface area is 303 Å². The molecule has 17 heteroatoms. The van der Waals surface area contributed by atoms with Crippen LogP contribution in [0, 0.1) is 17.6 Å². The Morgan fingerprint density at radius 1 is 1.13 bits per heavy atom. The molecule has 5 rings (SSSR count). The van der Waals surface area contributed by atoms with Gasteiger partial charge in [-0.2, -0.15) is 17.6 Å². The highest BCUT2D eigenvalue weighted by molar-refractivity contribution is 5.96. The number of carbonyl (C=O) groups excluding carboxylic acids is 2. The summed E-state index contributed by atoms with van der Waals surface area (Å²) in [4.78, 5) is 32.8. The first kappa shape index (κ1) is 40.9. The van der Waals surface area contributed by atoms with Crippen molar-refractivity contribution in [1.29, 1.82) is 0 Å². The number of carbonyl (C=O) groups is 2. The Kier molecular flexibility index (Phi) is 14.4. The maximum absolute atomic E-state index is 14.8. The van der Waals surface area contributed by atoms with Gasteiger partial charge in [0, 0.05) is 48.1 Å². The molecule has 0 aliphatic carbocycles. The van der Waals surface area contributed by atoms with Gasteiger partial charge in [0.1, 0.15) is 0 Å². The van der Waals surface area contributed by atoms with Gasteiger partial charge in [-0.25, -0.2) is 19.2 Å². The quantitative estimate of drug-likeness (QED) is 0.108. The third kappa shape index (κ3) is 10.6. The number of likely N-dealkylation sites (N-methyl/N-ethyl adjacent to an activating group) is 1. The maximum Gasteiger partial charge on any atom is 0.490 e. The Hall–Kier alpha value is -4.90. The van der Waals surface area contributed by atoms with E-state index in [2.05, 4.69) is 37.7 Å². The van der Waals surface area contributed by atoms with E-state index >= 15 is 0 Å². The lowest BCUT2D eigenvalue weighted by Crippen LogP contribution is -3.10. The number of alkyl halides is 4. The second kappa shape index (κ2) is 18.7. The van der Waals surface area contributed by atoms with Crippen molar-refractivity contribution in [3.05, 3.63) is 71.7 Å². The summed E-state index contributed by atoms with van der Waals surface area (Å²) in [6, 6.07) is 8.71. The van der Waals surface area contributed by atoms with Gasteiger partial charge in [0.15, 0.2) is 23.0 Å². The van der Waals surface area contributed by atoms with Crippen molar-refractivity contribution in [2.24, 2.45) is 5.92 Å². The van der Waals surface area contributed by atoms with Crippen molar-refractivity contribution >= 4 is 29.0 Å². The zero-order valence-corrected chi connectivity index (χ0v) is 29.9. The van der Waals surface area contributed by atoms with Crippen LogP contribution in [0.1, 0.15) is 42.1 Å². The highest BCUT2D eigenvalue weighted by Crippen LogP contribution is 2.32. The van der Waals surface area contributed by atoms with Crippen molar-refractivity contribution < 1.29 is 50.3 Å². The molecule has 288 valence electrons. The average Bonchev–Trinajstić information content (AvgIpc) is 3.83. The number of anilines is 2. The maximum atomic E-state index is 14.8. The number of amides is 1. The minimum absolute atomic E-state index is 0.0335. The molecule has 3 atom stereocenters. The van der Waals surface area contributed by atoms with E-state index < -0.39 is 30.5 Å². The van der Waals surface area contributed by atoms with Crippen molar-refractivity contribution in [2.45, 2.75) is 44.8 Å². The van der Waals surface area contributed by atoms with Crippen LogP contribution < -0.4 is 25.6 Å². The van der Waals surface area contributed by atoms with Gasteiger partial charge in [-0.1, -0.05) is 6.92 Å². The van der Waals surface area contributed by atoms with E-state index in [1.54, 1.807) is 22.7 Å². The monoisotopic (exact) mass is 752 g/mol. The lowest BCUT2D eigenvalue weighted by atomic mass is 10.0. The summed E-state index contributed by atoms with van der Waals surface area (Å²) in [6.45, 7) is 4.71. The number of rotatable bonds is 14. The first-order chi connectivity index (χ1) is 25.3. The first-order valence-electron chi connectivity index (χ1n) is 17.1. The fraction of sp³-hybridized carbons (Fsp3) is 0.444. The van der Waals surface area contributed by atoms with Crippen molar-refractivity contribution in [2.75, 3.05) is 59.4 Å². The van der Waals surface area contributed by atoms with Gasteiger partial charge in [-0.15, -0.1) is 0 Å². The fourth-order valence-corrected chi connectivity index (χ4v) is 6.00. The predicted octanol–water partition coefficient (Wildman–Crippen LogP) is 4.68. The van der Waals surface area contributed by atoms with E-state index in [4.69, 9.17) is 4.74 Å². The number of aromatic nitrogens is 3. The Balaban J connectivity index is 0.000000703. The van der Waals surface area contributed by atoms with Crippen LogP contribution in [0.3, 0.4) is 0 Å². The summed E-state index contributed by atoms with van der Waals surface area (Å²) in [6.07, 6.45) is 3.46. The second-order valence-electron chi connectivity index (χ2n) is 12.6. The van der Waals surface area contributed by atoms with E-state index in [9.17, 15) is 35.9 Å². The smallest absolute Gasteiger partial charge is 0.490 e. The number of benzene rings is 2. The van der Waals surface area contributed by atoms with Crippen LogP contribution in [-0.4, -0.2) is 92.6 Å². The van der Waals surface area contributed by atoms with Gasteiger partial charge in [0.2, 0.25) is 5.82 Å². The molecule has 1 aliphatic rings. The minimum Gasteiger partial charge on any atom is -0.494 e. The molecule has 53 heavy (non-hydrogen) atoms. The molecule has 2 aromatic carbocycles. The lowest BCUT2D eigenvalue weighted by Gasteiger charge is -2.21. The number of hydrogen-bond acceptors (Lipinski definition) is 8. The van der Waals surface area contributed by atoms with Gasteiger partial charge in [-0.3, -0.25) is 13.6 Å². The molecule has 0 spiro atoms. The Morgan fingerprint density at radius 2 is 1.91 bits per heavy atom. The van der Waals surface area contributed by atoms with E-state index in [0.29, 0.717) is 54.4 Å². The molecule has 0 bridgehead atoms. The van der Waals surface area contributed by atoms with E-state index in [-0.39, 0.29) is 29.7 Å². The van der Waals surface area contributed by atoms with Crippen LogP contribution in [0.4, 0.5) is 37.8 Å². The standard InChI is InChI=1S/C33H40F3N7O2.C3H3F3O2/c1-4-22-16-23(7-8-25(22)33(44)40-18-21(17-34)11-14-42(2)20-24-6-5-12-37-24)41-31-32-39-19-27(43(32)15-13-38-31)26-9-10-28(45-3)30(36)29(26)35;1-8-2(7)3(4,5)6/h7-10,13,15-16,19,21,24,37H,4-6,11-12,14,17-18,20H2,1-3H3,(H,38,41)(H,40,44);1H3/p+1. The highest BCUT2D eigenvalue weighted by atomic mass is 19.4. The summed E-state index contributed by atoms with van der Waals surface area (Å²) in [5.41, 5.74) is 2.82. The normalized spacial score (nSPS) is 15.3. The summed E-state index contributed by atoms with van der Waals surface area (Å²) in [7, 11) is 4.09. The third-order valence-corrected chi connectivity index (χ3v) is 8.89. The number of halogens is 6. The van der Waals surface area contributed by atoms with Gasteiger partial charge in [0.25, 0.3) is 5.91 Å². The fourth-order valence-electron chi connectivity index (χ4n) is 6.00. The second-order valence-corrected chi connectivity index (χ2v) is 12.6. The molecule has 1 amide bonds. The van der Waals surface area contributed by atoms with Gasteiger partial charge >= 0.3 is 12.1 Å². The molecule has 0 radical (unpaired) electrons. The number of methoxy groups -OCH3 is 2. The molecule has 1 saturated heterocycles. The molecule has 4 N–H and O–H groups in total. The SMILES string of the molecule is CCc1cc(Nc2nccn3c(-c4ccc(OC)c(F)c4F)cnc23)ccc1C(=O)NCC(CF)CC[NH+](C)CC1CCCN1.COC(=O)C(F)(F)F. The molecule has 1 aliphatic heterocycles. The van der Waals surface area contributed by atoms with E-state index in [1.807, 2.05) is 13.0 Å². The van der Waals surface area contributed by atoms with Crippen LogP contribution in [0.15, 0.2) is 48.9 Å². The summed E-state index contributed by atoms with van der Waals surface area (Å²) < 4.78 is 85.8. The number of imidazole rings is 1. The lowest BCUT2D eigenvalue weighted by molar-refractivity contribution is -0.881. The molecule has 4 aromatic rings. The van der Waals surface area contributed by atoms with E-state index in [1.165, 1.54) is 49.4 Å². The van der Waals surface area contributed by atoms with Gasteiger partial charge in [0.05, 0.1) is 59.0 Å². The minimum atomic E-state index is -4.85. The topological polar surface area (TPSA) is 123 Å². The number of esters is 1. The molecule has 3 heterocycles. The third-order valence-electron chi connectivity index (χ3n) is 8.89. The van der Waals surface area contributed by atoms with Crippen molar-refractivity contribution in [1.82, 2.24) is 25.0 Å². The largest absolute Gasteiger partial charge is 0.494 e. The molecule has 11 nitrogen and oxygen atoms in total. The molecular weight excluding hydrogens is 708 g/mol. The zero-order chi connectivity index (χ0) is 38.7.